The molecule has 0 radical (unpaired) electrons. The highest BCUT2D eigenvalue weighted by molar-refractivity contribution is 7.09. The second kappa shape index (κ2) is 5.89. The number of nitrogens with zero attached hydrogens (tertiary/aromatic N) is 3. The van der Waals surface area contributed by atoms with E-state index in [4.69, 9.17) is 10.7 Å². The summed E-state index contributed by atoms with van der Waals surface area (Å²) in [6.45, 7) is 3.69. The summed E-state index contributed by atoms with van der Waals surface area (Å²) < 4.78 is 4.51. The Labute approximate surface area is 123 Å². The van der Waals surface area contributed by atoms with Crippen molar-refractivity contribution in [2.45, 2.75) is 32.1 Å². The molecule has 20 heavy (non-hydrogen) atoms. The molecule has 106 valence electrons. The van der Waals surface area contributed by atoms with E-state index in [1.807, 2.05) is 0 Å². The van der Waals surface area contributed by atoms with E-state index >= 15 is 0 Å². The Kier molecular flexibility index (Phi) is 3.98. The van der Waals surface area contributed by atoms with Crippen LogP contribution in [0.15, 0.2) is 24.3 Å². The van der Waals surface area contributed by atoms with E-state index in [1.54, 1.807) is 0 Å². The summed E-state index contributed by atoms with van der Waals surface area (Å²) in [6, 6.07) is 8.51. The van der Waals surface area contributed by atoms with E-state index in [9.17, 15) is 0 Å². The van der Waals surface area contributed by atoms with Gasteiger partial charge in [0, 0.05) is 29.7 Å². The average Bonchev–Trinajstić information content (AvgIpc) is 3.19. The van der Waals surface area contributed by atoms with Crippen LogP contribution in [0.5, 0.6) is 0 Å². The van der Waals surface area contributed by atoms with E-state index in [0.717, 1.165) is 23.9 Å². The van der Waals surface area contributed by atoms with Crippen molar-refractivity contribution < 1.29 is 0 Å². The minimum atomic E-state index is 0.605. The first kappa shape index (κ1) is 13.5. The topological polar surface area (TPSA) is 55.0 Å². The van der Waals surface area contributed by atoms with E-state index in [1.165, 1.54) is 35.6 Å². The molecule has 0 saturated heterocycles. The van der Waals surface area contributed by atoms with Gasteiger partial charge in [-0.15, -0.1) is 0 Å². The number of benzene rings is 1. The van der Waals surface area contributed by atoms with Crippen LogP contribution in [0.3, 0.4) is 0 Å². The zero-order chi connectivity index (χ0) is 13.9. The van der Waals surface area contributed by atoms with Crippen LogP contribution in [0.2, 0.25) is 0 Å². The van der Waals surface area contributed by atoms with Gasteiger partial charge in [-0.2, -0.15) is 4.37 Å². The van der Waals surface area contributed by atoms with Gasteiger partial charge in [0.15, 0.2) is 0 Å². The molecule has 1 aromatic carbocycles. The highest BCUT2D eigenvalue weighted by Gasteiger charge is 2.28. The van der Waals surface area contributed by atoms with E-state index in [2.05, 4.69) is 40.5 Å². The third kappa shape index (κ3) is 2.99. The number of rotatable bonds is 6. The SMILES string of the molecule is Cc1cccc(N(CCCN)c2nc(C3CC3)ns2)c1. The van der Waals surface area contributed by atoms with Crippen molar-refractivity contribution in [3.8, 4) is 0 Å². The molecule has 1 aliphatic rings. The average molecular weight is 288 g/mol. The summed E-state index contributed by atoms with van der Waals surface area (Å²) in [4.78, 5) is 6.96. The van der Waals surface area contributed by atoms with Gasteiger partial charge in [0.05, 0.1) is 0 Å². The first-order chi connectivity index (χ1) is 9.78. The van der Waals surface area contributed by atoms with E-state index in [-0.39, 0.29) is 0 Å². The molecule has 0 bridgehead atoms. The monoisotopic (exact) mass is 288 g/mol. The zero-order valence-electron chi connectivity index (χ0n) is 11.7. The molecule has 1 aliphatic carbocycles. The minimum Gasteiger partial charge on any atom is -0.330 e. The number of anilines is 2. The highest BCUT2D eigenvalue weighted by atomic mass is 32.1. The summed E-state index contributed by atoms with van der Waals surface area (Å²) in [5.41, 5.74) is 8.10. The molecule has 2 aromatic rings. The number of hydrogen-bond donors (Lipinski definition) is 1. The highest BCUT2D eigenvalue weighted by Crippen LogP contribution is 2.40. The molecule has 0 unspecified atom stereocenters. The van der Waals surface area contributed by atoms with Crippen molar-refractivity contribution in [3.05, 3.63) is 35.7 Å². The molecule has 1 saturated carbocycles. The first-order valence-electron chi connectivity index (χ1n) is 7.16. The van der Waals surface area contributed by atoms with Crippen LogP contribution in [0.25, 0.3) is 0 Å². The standard InChI is InChI=1S/C15H20N4S/c1-11-4-2-5-13(10-11)19(9-3-8-16)15-17-14(18-20-15)12-6-7-12/h2,4-5,10,12H,3,6-9,16H2,1H3. The van der Waals surface area contributed by atoms with Gasteiger partial charge in [-0.05, 0) is 50.4 Å². The second-order valence-electron chi connectivity index (χ2n) is 5.34. The number of nitrogens with two attached hydrogens (primary N) is 1. The maximum atomic E-state index is 5.67. The Hall–Kier alpha value is -1.46. The van der Waals surface area contributed by atoms with Gasteiger partial charge in [-0.1, -0.05) is 12.1 Å². The van der Waals surface area contributed by atoms with Crippen LogP contribution in [-0.4, -0.2) is 22.4 Å². The molecule has 0 aliphatic heterocycles. The molecule has 0 amide bonds. The van der Waals surface area contributed by atoms with E-state index < -0.39 is 0 Å². The molecule has 1 aromatic heterocycles. The second-order valence-corrected chi connectivity index (χ2v) is 6.07. The number of aryl methyl sites for hydroxylation is 1. The Bertz CT molecular complexity index is 577. The lowest BCUT2D eigenvalue weighted by Crippen LogP contribution is -2.20. The van der Waals surface area contributed by atoms with Gasteiger partial charge < -0.3 is 10.6 Å². The fourth-order valence-electron chi connectivity index (χ4n) is 2.22. The number of hydrogen-bond acceptors (Lipinski definition) is 5. The van der Waals surface area contributed by atoms with Crippen molar-refractivity contribution in [2.24, 2.45) is 5.73 Å². The van der Waals surface area contributed by atoms with Gasteiger partial charge in [0.25, 0.3) is 0 Å². The molecule has 5 heteroatoms. The Morgan fingerprint density at radius 2 is 2.25 bits per heavy atom. The third-order valence-corrected chi connectivity index (χ3v) is 4.26. The smallest absolute Gasteiger partial charge is 0.209 e. The molecule has 0 atom stereocenters. The van der Waals surface area contributed by atoms with Crippen LogP contribution in [0, 0.1) is 6.92 Å². The van der Waals surface area contributed by atoms with Gasteiger partial charge in [0.2, 0.25) is 5.13 Å². The summed E-state index contributed by atoms with van der Waals surface area (Å²) in [7, 11) is 0. The minimum absolute atomic E-state index is 0.605. The molecule has 2 N–H and O–H groups in total. The summed E-state index contributed by atoms with van der Waals surface area (Å²) in [5, 5.41) is 0.992. The van der Waals surface area contributed by atoms with Gasteiger partial charge in [-0.3, -0.25) is 0 Å². The molecule has 0 spiro atoms. The van der Waals surface area contributed by atoms with Crippen LogP contribution in [-0.2, 0) is 0 Å². The summed E-state index contributed by atoms with van der Waals surface area (Å²) >= 11 is 1.50. The Morgan fingerprint density at radius 3 is 2.95 bits per heavy atom. The molecular weight excluding hydrogens is 268 g/mol. The largest absolute Gasteiger partial charge is 0.330 e. The summed E-state index contributed by atoms with van der Waals surface area (Å²) in [5.74, 6) is 1.63. The predicted octanol–water partition coefficient (Wildman–Crippen LogP) is 3.21. The quantitative estimate of drug-likeness (QED) is 0.886. The first-order valence-corrected chi connectivity index (χ1v) is 7.93. The normalized spacial score (nSPS) is 14.5. The molecule has 3 rings (SSSR count). The lowest BCUT2D eigenvalue weighted by molar-refractivity contribution is 0.812. The van der Waals surface area contributed by atoms with Crippen LogP contribution in [0.4, 0.5) is 10.8 Å². The predicted molar refractivity (Wildman–Crippen MR) is 83.7 cm³/mol. The maximum absolute atomic E-state index is 5.67. The van der Waals surface area contributed by atoms with Gasteiger partial charge in [0.1, 0.15) is 5.82 Å². The lowest BCUT2D eigenvalue weighted by Gasteiger charge is -2.21. The van der Waals surface area contributed by atoms with Crippen LogP contribution < -0.4 is 10.6 Å². The molecule has 4 nitrogen and oxygen atoms in total. The maximum Gasteiger partial charge on any atom is 0.209 e. The lowest BCUT2D eigenvalue weighted by atomic mass is 10.2. The van der Waals surface area contributed by atoms with Gasteiger partial charge >= 0.3 is 0 Å². The van der Waals surface area contributed by atoms with Crippen molar-refractivity contribution in [2.75, 3.05) is 18.0 Å². The van der Waals surface area contributed by atoms with Crippen molar-refractivity contribution in [1.82, 2.24) is 9.36 Å². The van der Waals surface area contributed by atoms with E-state index in [0.29, 0.717) is 12.5 Å². The zero-order valence-corrected chi connectivity index (χ0v) is 12.6. The Balaban J connectivity index is 1.87. The van der Waals surface area contributed by atoms with Crippen molar-refractivity contribution in [1.29, 1.82) is 0 Å². The summed E-state index contributed by atoms with van der Waals surface area (Å²) in [6.07, 6.45) is 3.43. The van der Waals surface area contributed by atoms with Crippen molar-refractivity contribution in [3.63, 3.8) is 0 Å². The van der Waals surface area contributed by atoms with Gasteiger partial charge in [-0.25, -0.2) is 4.98 Å². The third-order valence-electron chi connectivity index (χ3n) is 3.50. The molecule has 1 heterocycles. The number of aromatic nitrogens is 2. The molecular formula is C15H20N4S. The molecule has 1 fully saturated rings. The Morgan fingerprint density at radius 1 is 1.40 bits per heavy atom. The van der Waals surface area contributed by atoms with Crippen LogP contribution >= 0.6 is 11.5 Å². The fourth-order valence-corrected chi connectivity index (χ4v) is 3.02. The fraction of sp³-hybridized carbons (Fsp3) is 0.467. The van der Waals surface area contributed by atoms with Crippen LogP contribution in [0.1, 0.15) is 36.6 Å². The van der Waals surface area contributed by atoms with Crippen molar-refractivity contribution >= 4 is 22.4 Å².